The lowest BCUT2D eigenvalue weighted by atomic mass is 10.2. The van der Waals surface area contributed by atoms with E-state index in [1.165, 1.54) is 0 Å². The van der Waals surface area contributed by atoms with Crippen molar-refractivity contribution in [1.82, 2.24) is 5.32 Å². The highest BCUT2D eigenvalue weighted by Gasteiger charge is 2.11. The summed E-state index contributed by atoms with van der Waals surface area (Å²) in [7, 11) is 0. The van der Waals surface area contributed by atoms with Gasteiger partial charge in [-0.15, -0.1) is 11.3 Å². The molecule has 1 aromatic heterocycles. The molecule has 0 aliphatic heterocycles. The largest absolute Gasteiger partial charge is 0.356 e. The van der Waals surface area contributed by atoms with Gasteiger partial charge < -0.3 is 11.1 Å². The van der Waals surface area contributed by atoms with Crippen LogP contribution in [0.4, 0.5) is 0 Å². The van der Waals surface area contributed by atoms with E-state index in [0.717, 1.165) is 4.88 Å². The van der Waals surface area contributed by atoms with Crippen molar-refractivity contribution in [2.24, 2.45) is 5.73 Å². The molecular weight excluding hydrogens is 184 g/mol. The summed E-state index contributed by atoms with van der Waals surface area (Å²) in [5.74, 6) is 0.0170. The quantitative estimate of drug-likeness (QED) is 0.765. The molecule has 1 amide bonds. The molecule has 0 spiro atoms. The van der Waals surface area contributed by atoms with Crippen LogP contribution in [0.15, 0.2) is 17.5 Å². The molecule has 0 radical (unpaired) electrons. The second-order valence-corrected chi connectivity index (χ2v) is 3.76. The fourth-order valence-electron chi connectivity index (χ4n) is 1.07. The van der Waals surface area contributed by atoms with E-state index in [0.29, 0.717) is 13.0 Å². The lowest BCUT2D eigenvalue weighted by Crippen LogP contribution is -2.26. The van der Waals surface area contributed by atoms with Crippen LogP contribution in [-0.2, 0) is 4.79 Å². The van der Waals surface area contributed by atoms with Crippen LogP contribution >= 0.6 is 11.3 Å². The number of rotatable bonds is 4. The Bertz CT molecular complexity index is 259. The first-order valence-corrected chi connectivity index (χ1v) is 5.17. The van der Waals surface area contributed by atoms with Crippen LogP contribution in [0.3, 0.4) is 0 Å². The number of nitrogens with two attached hydrogens (primary N) is 1. The molecule has 0 aliphatic carbocycles. The Labute approximate surface area is 81.9 Å². The molecule has 1 rings (SSSR count). The number of carbonyl (C=O) groups is 1. The molecule has 1 atom stereocenters. The first kappa shape index (κ1) is 10.2. The molecule has 4 heteroatoms. The number of hydrogen-bond acceptors (Lipinski definition) is 3. The molecule has 0 aliphatic rings. The van der Waals surface area contributed by atoms with Gasteiger partial charge in [0.25, 0.3) is 0 Å². The fraction of sp³-hybridized carbons (Fsp3) is 0.444. The van der Waals surface area contributed by atoms with Crippen molar-refractivity contribution >= 4 is 17.2 Å². The van der Waals surface area contributed by atoms with Crippen LogP contribution in [0.2, 0.25) is 0 Å². The van der Waals surface area contributed by atoms with Crippen LogP contribution in [-0.4, -0.2) is 12.5 Å². The monoisotopic (exact) mass is 198 g/mol. The van der Waals surface area contributed by atoms with Crippen molar-refractivity contribution in [3.63, 3.8) is 0 Å². The van der Waals surface area contributed by atoms with Crippen molar-refractivity contribution in [3.05, 3.63) is 22.4 Å². The molecule has 0 bridgehead atoms. The van der Waals surface area contributed by atoms with Crippen molar-refractivity contribution in [1.29, 1.82) is 0 Å². The van der Waals surface area contributed by atoms with E-state index in [2.05, 4.69) is 5.32 Å². The standard InChI is InChI=1S/C9H14N2OS/c1-2-11-9(12)6-7(10)8-4-3-5-13-8/h3-5,7H,2,6,10H2,1H3,(H,11,12). The molecule has 72 valence electrons. The van der Waals surface area contributed by atoms with Gasteiger partial charge in [-0.1, -0.05) is 6.07 Å². The van der Waals surface area contributed by atoms with E-state index in [9.17, 15) is 4.79 Å². The molecule has 13 heavy (non-hydrogen) atoms. The van der Waals surface area contributed by atoms with Gasteiger partial charge in [-0.05, 0) is 18.4 Å². The van der Waals surface area contributed by atoms with Crippen molar-refractivity contribution < 1.29 is 4.79 Å². The molecule has 3 nitrogen and oxygen atoms in total. The normalized spacial score (nSPS) is 12.5. The average molecular weight is 198 g/mol. The van der Waals surface area contributed by atoms with E-state index < -0.39 is 0 Å². The van der Waals surface area contributed by atoms with Gasteiger partial charge in [0.05, 0.1) is 0 Å². The number of thiophene rings is 1. The molecule has 1 heterocycles. The maximum Gasteiger partial charge on any atom is 0.221 e. The maximum atomic E-state index is 11.2. The SMILES string of the molecule is CCNC(=O)CC(N)c1cccs1. The van der Waals surface area contributed by atoms with E-state index in [1.807, 2.05) is 24.4 Å². The van der Waals surface area contributed by atoms with Crippen LogP contribution < -0.4 is 11.1 Å². The molecule has 1 unspecified atom stereocenters. The lowest BCUT2D eigenvalue weighted by molar-refractivity contribution is -0.121. The zero-order valence-corrected chi connectivity index (χ0v) is 8.43. The molecular formula is C9H14N2OS. The molecule has 3 N–H and O–H groups in total. The zero-order chi connectivity index (χ0) is 9.68. The minimum atomic E-state index is -0.161. The van der Waals surface area contributed by atoms with Gasteiger partial charge in [0.15, 0.2) is 0 Å². The zero-order valence-electron chi connectivity index (χ0n) is 7.62. The van der Waals surface area contributed by atoms with Gasteiger partial charge in [-0.3, -0.25) is 4.79 Å². The van der Waals surface area contributed by atoms with Gasteiger partial charge in [0.1, 0.15) is 0 Å². The first-order valence-electron chi connectivity index (χ1n) is 4.29. The summed E-state index contributed by atoms with van der Waals surface area (Å²) in [6.07, 6.45) is 0.369. The Balaban J connectivity index is 2.42. The number of carbonyl (C=O) groups excluding carboxylic acids is 1. The summed E-state index contributed by atoms with van der Waals surface area (Å²) in [5.41, 5.74) is 5.82. The molecule has 0 saturated heterocycles. The fourth-order valence-corrected chi connectivity index (χ4v) is 1.80. The van der Waals surface area contributed by atoms with Crippen LogP contribution in [0.1, 0.15) is 24.3 Å². The van der Waals surface area contributed by atoms with Crippen LogP contribution in [0, 0.1) is 0 Å². The third-order valence-corrected chi connectivity index (χ3v) is 2.69. The Kier molecular flexibility index (Phi) is 3.92. The highest BCUT2D eigenvalue weighted by atomic mass is 32.1. The topological polar surface area (TPSA) is 55.1 Å². The van der Waals surface area contributed by atoms with Gasteiger partial charge in [0, 0.05) is 23.9 Å². The second-order valence-electron chi connectivity index (χ2n) is 2.78. The van der Waals surface area contributed by atoms with E-state index >= 15 is 0 Å². The maximum absolute atomic E-state index is 11.2. The van der Waals surface area contributed by atoms with Gasteiger partial charge in [-0.2, -0.15) is 0 Å². The summed E-state index contributed by atoms with van der Waals surface area (Å²) >= 11 is 1.59. The van der Waals surface area contributed by atoms with E-state index in [4.69, 9.17) is 5.73 Å². The molecule has 0 fully saturated rings. The van der Waals surface area contributed by atoms with Gasteiger partial charge >= 0.3 is 0 Å². The minimum Gasteiger partial charge on any atom is -0.356 e. The third-order valence-electron chi connectivity index (χ3n) is 1.69. The van der Waals surface area contributed by atoms with E-state index in [-0.39, 0.29) is 11.9 Å². The summed E-state index contributed by atoms with van der Waals surface area (Å²) in [6.45, 7) is 2.56. The summed E-state index contributed by atoms with van der Waals surface area (Å²) in [5, 5.41) is 4.69. The lowest BCUT2D eigenvalue weighted by Gasteiger charge is -2.08. The van der Waals surface area contributed by atoms with Crippen molar-refractivity contribution in [2.45, 2.75) is 19.4 Å². The Morgan fingerprint density at radius 1 is 1.77 bits per heavy atom. The van der Waals surface area contributed by atoms with Crippen molar-refractivity contribution in [3.8, 4) is 0 Å². The van der Waals surface area contributed by atoms with Crippen LogP contribution in [0.25, 0.3) is 0 Å². The Hall–Kier alpha value is -0.870. The third kappa shape index (κ3) is 3.16. The number of nitrogens with one attached hydrogen (secondary N) is 1. The number of amides is 1. The number of hydrogen-bond donors (Lipinski definition) is 2. The highest BCUT2D eigenvalue weighted by Crippen LogP contribution is 2.18. The molecule has 0 aromatic carbocycles. The van der Waals surface area contributed by atoms with Crippen molar-refractivity contribution in [2.75, 3.05) is 6.54 Å². The predicted octanol–water partition coefficient (Wildman–Crippen LogP) is 1.27. The van der Waals surface area contributed by atoms with Gasteiger partial charge in [-0.25, -0.2) is 0 Å². The Morgan fingerprint density at radius 3 is 3.08 bits per heavy atom. The van der Waals surface area contributed by atoms with Crippen LogP contribution in [0.5, 0.6) is 0 Å². The Morgan fingerprint density at radius 2 is 2.54 bits per heavy atom. The average Bonchev–Trinajstić information content (AvgIpc) is 2.55. The summed E-state index contributed by atoms with van der Waals surface area (Å²) in [4.78, 5) is 12.2. The van der Waals surface area contributed by atoms with Gasteiger partial charge in [0.2, 0.25) is 5.91 Å². The summed E-state index contributed by atoms with van der Waals surface area (Å²) < 4.78 is 0. The van der Waals surface area contributed by atoms with E-state index in [1.54, 1.807) is 11.3 Å². The minimum absolute atomic E-state index is 0.0170. The molecule has 0 saturated carbocycles. The second kappa shape index (κ2) is 4.99. The highest BCUT2D eigenvalue weighted by molar-refractivity contribution is 7.10. The predicted molar refractivity (Wildman–Crippen MR) is 54.5 cm³/mol. The first-order chi connectivity index (χ1) is 6.24. The molecule has 1 aromatic rings. The summed E-state index contributed by atoms with van der Waals surface area (Å²) in [6, 6.07) is 3.73. The smallest absolute Gasteiger partial charge is 0.221 e.